The zero-order chi connectivity index (χ0) is 28.1. The van der Waals surface area contributed by atoms with Crippen molar-refractivity contribution in [2.24, 2.45) is 17.8 Å². The molecule has 5 rings (SSSR count). The number of carbonyl (C=O) groups excluding carboxylic acids is 3. The summed E-state index contributed by atoms with van der Waals surface area (Å²) in [6.07, 6.45) is 1.75. The molecule has 2 aromatic carbocycles. The lowest BCUT2D eigenvalue weighted by atomic mass is 9.66. The molecule has 8 nitrogen and oxygen atoms in total. The summed E-state index contributed by atoms with van der Waals surface area (Å²) in [7, 11) is 0. The van der Waals surface area contributed by atoms with E-state index in [0.717, 1.165) is 11.1 Å². The van der Waals surface area contributed by atoms with Crippen LogP contribution in [0.5, 0.6) is 0 Å². The van der Waals surface area contributed by atoms with Crippen molar-refractivity contribution < 1.29 is 24.2 Å². The topological polar surface area (TPSA) is 108 Å². The zero-order valence-corrected chi connectivity index (χ0v) is 23.4. The number of hydrogen-bond donors (Lipinski definition) is 3. The lowest BCUT2D eigenvalue weighted by molar-refractivity contribution is -0.148. The Balaban J connectivity index is 1.58. The zero-order valence-electron chi connectivity index (χ0n) is 23.4. The van der Waals surface area contributed by atoms with E-state index in [-0.39, 0.29) is 30.2 Å². The van der Waals surface area contributed by atoms with Gasteiger partial charge in [-0.15, -0.1) is 0 Å². The fraction of sp³-hybridized carbons (Fsp3) is 0.516. The van der Waals surface area contributed by atoms with E-state index in [1.165, 1.54) is 0 Å². The van der Waals surface area contributed by atoms with Gasteiger partial charge in [-0.3, -0.25) is 14.4 Å². The first-order valence-corrected chi connectivity index (χ1v) is 13.9. The molecule has 1 spiro atoms. The number of rotatable bonds is 8. The molecule has 3 saturated heterocycles. The number of carbonyl (C=O) groups is 3. The average Bonchev–Trinajstić information content (AvgIpc) is 3.48. The molecular formula is C31H39N3O5. The Kier molecular flexibility index (Phi) is 7.06. The van der Waals surface area contributed by atoms with Crippen molar-refractivity contribution in [1.29, 1.82) is 0 Å². The van der Waals surface area contributed by atoms with Crippen molar-refractivity contribution in [3.63, 3.8) is 0 Å². The molecule has 0 saturated carbocycles. The van der Waals surface area contributed by atoms with Crippen LogP contribution in [-0.2, 0) is 19.1 Å². The van der Waals surface area contributed by atoms with Gasteiger partial charge < -0.3 is 25.4 Å². The van der Waals surface area contributed by atoms with Gasteiger partial charge in [-0.05, 0) is 62.8 Å². The summed E-state index contributed by atoms with van der Waals surface area (Å²) in [6, 6.07) is 13.4. The Morgan fingerprint density at radius 2 is 1.72 bits per heavy atom. The summed E-state index contributed by atoms with van der Waals surface area (Å²) in [6.45, 7) is 9.43. The van der Waals surface area contributed by atoms with E-state index in [4.69, 9.17) is 4.74 Å². The highest BCUT2D eigenvalue weighted by molar-refractivity contribution is 6.05. The smallest absolute Gasteiger partial charge is 0.250 e. The normalized spacial score (nSPS) is 30.7. The molecule has 2 bridgehead atoms. The minimum atomic E-state index is -1.16. The van der Waals surface area contributed by atoms with Crippen LogP contribution >= 0.6 is 0 Å². The van der Waals surface area contributed by atoms with Gasteiger partial charge in [0, 0.05) is 11.4 Å². The third-order valence-electron chi connectivity index (χ3n) is 9.36. The summed E-state index contributed by atoms with van der Waals surface area (Å²) in [5.74, 6) is -2.59. The summed E-state index contributed by atoms with van der Waals surface area (Å²) < 4.78 is 6.72. The van der Waals surface area contributed by atoms with Crippen molar-refractivity contribution in [3.05, 3.63) is 59.7 Å². The number of nitrogens with one attached hydrogen (secondary N) is 2. The van der Waals surface area contributed by atoms with Gasteiger partial charge in [0.2, 0.25) is 17.7 Å². The maximum absolute atomic E-state index is 14.4. The van der Waals surface area contributed by atoms with Crippen LogP contribution in [0.15, 0.2) is 48.5 Å². The van der Waals surface area contributed by atoms with Crippen LogP contribution in [0.1, 0.15) is 51.2 Å². The molecule has 3 N–H and O–H groups in total. The molecule has 0 radical (unpaired) electrons. The maximum atomic E-state index is 14.4. The molecule has 3 heterocycles. The Hall–Kier alpha value is -3.23. The van der Waals surface area contributed by atoms with Gasteiger partial charge in [-0.2, -0.15) is 0 Å². The van der Waals surface area contributed by atoms with E-state index in [9.17, 15) is 19.5 Å². The molecule has 39 heavy (non-hydrogen) atoms. The molecule has 0 aromatic heterocycles. The second kappa shape index (κ2) is 10.1. The van der Waals surface area contributed by atoms with Crippen molar-refractivity contribution >= 4 is 29.1 Å². The number of aryl methyl sites for hydroxylation is 2. The van der Waals surface area contributed by atoms with Gasteiger partial charge in [-0.1, -0.05) is 56.7 Å². The molecule has 7 atom stereocenters. The minimum Gasteiger partial charge on any atom is -0.394 e. The summed E-state index contributed by atoms with van der Waals surface area (Å²) >= 11 is 0. The van der Waals surface area contributed by atoms with Crippen molar-refractivity contribution in [3.8, 4) is 0 Å². The Bertz CT molecular complexity index is 1260. The van der Waals surface area contributed by atoms with E-state index in [1.807, 2.05) is 71.0 Å². The van der Waals surface area contributed by atoms with Gasteiger partial charge in [0.15, 0.2) is 0 Å². The summed E-state index contributed by atoms with van der Waals surface area (Å²) in [4.78, 5) is 43.9. The average molecular weight is 534 g/mol. The highest BCUT2D eigenvalue weighted by Crippen LogP contribution is 2.63. The molecule has 3 aliphatic heterocycles. The van der Waals surface area contributed by atoms with Gasteiger partial charge >= 0.3 is 0 Å². The number of amides is 3. The highest BCUT2D eigenvalue weighted by atomic mass is 16.5. The second-order valence-electron chi connectivity index (χ2n) is 11.7. The molecule has 8 heteroatoms. The van der Waals surface area contributed by atoms with E-state index >= 15 is 0 Å². The monoisotopic (exact) mass is 533 g/mol. The molecule has 2 unspecified atom stereocenters. The second-order valence-corrected chi connectivity index (χ2v) is 11.7. The first kappa shape index (κ1) is 27.3. The number of ether oxygens (including phenoxy) is 1. The Morgan fingerprint density at radius 3 is 2.33 bits per heavy atom. The third kappa shape index (κ3) is 4.25. The standard InChI is InChI=1S/C31H39N3O5/c1-6-18(2)22(17-35)34-26(28(37)33-25-19(3)11-10-12-20(25)4)31-16-15-30(5,39-31)23(24(31)29(34)38)27(36)32-21-13-8-7-9-14-21/h7-14,18,22-24,26,35H,6,15-17H2,1-5H3,(H,32,36)(H,33,37)/t18-,22-,23-,24-,26?,30+,31?/m0/s1. The van der Waals surface area contributed by atoms with Gasteiger partial charge in [0.25, 0.3) is 0 Å². The van der Waals surface area contributed by atoms with E-state index < -0.39 is 35.1 Å². The molecular weight excluding hydrogens is 494 g/mol. The fourth-order valence-corrected chi connectivity index (χ4v) is 7.18. The molecule has 0 aliphatic carbocycles. The fourth-order valence-electron chi connectivity index (χ4n) is 7.18. The van der Waals surface area contributed by atoms with Crippen molar-refractivity contribution in [2.75, 3.05) is 17.2 Å². The third-order valence-corrected chi connectivity index (χ3v) is 9.36. The quantitative estimate of drug-likeness (QED) is 0.475. The predicted molar refractivity (Wildman–Crippen MR) is 149 cm³/mol. The SMILES string of the molecule is CC[C@H](C)[C@H](CO)N1C(=O)[C@@H]2[C@@H](C(=O)Nc3ccccc3)[C@@]3(C)CCC2(O3)C1C(=O)Nc1c(C)cccc1C. The van der Waals surface area contributed by atoms with Crippen LogP contribution in [-0.4, -0.2) is 57.6 Å². The van der Waals surface area contributed by atoms with Crippen LogP contribution in [0.4, 0.5) is 11.4 Å². The first-order chi connectivity index (χ1) is 18.6. The van der Waals surface area contributed by atoms with Gasteiger partial charge in [0.05, 0.1) is 30.1 Å². The number of hydrogen-bond acceptors (Lipinski definition) is 5. The van der Waals surface area contributed by atoms with Gasteiger partial charge in [-0.25, -0.2) is 0 Å². The maximum Gasteiger partial charge on any atom is 0.250 e. The molecule has 3 fully saturated rings. The largest absolute Gasteiger partial charge is 0.394 e. The number of aliphatic hydroxyl groups excluding tert-OH is 1. The van der Waals surface area contributed by atoms with Gasteiger partial charge in [0.1, 0.15) is 11.6 Å². The van der Waals surface area contributed by atoms with Crippen LogP contribution < -0.4 is 10.6 Å². The molecule has 3 amide bonds. The Labute approximate surface area is 230 Å². The van der Waals surface area contributed by atoms with Crippen molar-refractivity contribution in [1.82, 2.24) is 4.90 Å². The van der Waals surface area contributed by atoms with Crippen LogP contribution in [0, 0.1) is 31.6 Å². The number of likely N-dealkylation sites (tertiary alicyclic amines) is 1. The molecule has 2 aromatic rings. The highest BCUT2D eigenvalue weighted by Gasteiger charge is 2.78. The number of nitrogens with zero attached hydrogens (tertiary/aromatic N) is 1. The number of anilines is 2. The van der Waals surface area contributed by atoms with Crippen molar-refractivity contribution in [2.45, 2.75) is 77.2 Å². The molecule has 208 valence electrons. The first-order valence-electron chi connectivity index (χ1n) is 13.9. The lowest BCUT2D eigenvalue weighted by Crippen LogP contribution is -2.57. The number of para-hydroxylation sites is 2. The minimum absolute atomic E-state index is 0.0611. The van der Waals surface area contributed by atoms with E-state index in [1.54, 1.807) is 17.0 Å². The Morgan fingerprint density at radius 1 is 1.05 bits per heavy atom. The number of aliphatic hydroxyl groups is 1. The van der Waals surface area contributed by atoms with Crippen LogP contribution in [0.25, 0.3) is 0 Å². The summed E-state index contributed by atoms with van der Waals surface area (Å²) in [5.41, 5.74) is 1.13. The van der Waals surface area contributed by atoms with Crippen LogP contribution in [0.3, 0.4) is 0 Å². The van der Waals surface area contributed by atoms with Crippen LogP contribution in [0.2, 0.25) is 0 Å². The lowest BCUT2D eigenvalue weighted by Gasteiger charge is -2.39. The van der Waals surface area contributed by atoms with E-state index in [2.05, 4.69) is 10.6 Å². The van der Waals surface area contributed by atoms with E-state index in [0.29, 0.717) is 30.6 Å². The number of fused-ring (bicyclic) bond motifs is 1. The predicted octanol–water partition coefficient (Wildman–Crippen LogP) is 4.05. The summed E-state index contributed by atoms with van der Waals surface area (Å²) in [5, 5.41) is 16.6. The number of benzene rings is 2. The molecule has 3 aliphatic rings.